The van der Waals surface area contributed by atoms with Crippen molar-refractivity contribution >= 4 is 10.2 Å². The number of benzene rings is 1. The van der Waals surface area contributed by atoms with Crippen LogP contribution in [0, 0.1) is 6.92 Å². The minimum Gasteiger partial charge on any atom is -0.192 e. The van der Waals surface area contributed by atoms with Crippen LogP contribution < -0.4 is 4.83 Å². The van der Waals surface area contributed by atoms with Crippen molar-refractivity contribution in [3.63, 3.8) is 0 Å². The Bertz CT molecular complexity index is 401. The van der Waals surface area contributed by atoms with E-state index >= 15 is 0 Å². The summed E-state index contributed by atoms with van der Waals surface area (Å²) >= 11 is 0. The van der Waals surface area contributed by atoms with E-state index in [-0.39, 0.29) is 6.04 Å². The fraction of sp³-hybridized carbons (Fsp3) is 0.400. The van der Waals surface area contributed by atoms with E-state index in [0.717, 1.165) is 0 Å². The Balaban J connectivity index is 0.000000151. The van der Waals surface area contributed by atoms with Gasteiger partial charge in [-0.05, 0) is 20.8 Å². The van der Waals surface area contributed by atoms with Crippen LogP contribution in [-0.2, 0) is 10.2 Å². The van der Waals surface area contributed by atoms with E-state index in [1.54, 1.807) is 13.8 Å². The average Bonchev–Trinajstić information content (AvgIpc) is 2.78. The molecule has 0 bridgehead atoms. The van der Waals surface area contributed by atoms with Crippen molar-refractivity contribution in [1.29, 1.82) is 0 Å². The van der Waals surface area contributed by atoms with Crippen molar-refractivity contribution < 1.29 is 8.42 Å². The molecule has 4 nitrogen and oxygen atoms in total. The lowest BCUT2D eigenvalue weighted by Crippen LogP contribution is -2.11. The van der Waals surface area contributed by atoms with Crippen LogP contribution >= 0.6 is 0 Å². The van der Waals surface area contributed by atoms with E-state index in [4.69, 9.17) is 0 Å². The van der Waals surface area contributed by atoms with Gasteiger partial charge in [0.25, 0.3) is 0 Å². The summed E-state index contributed by atoms with van der Waals surface area (Å²) in [4.78, 5) is 2.21. The van der Waals surface area contributed by atoms with E-state index in [1.165, 1.54) is 9.98 Å². The molecule has 1 N–H and O–H groups in total. The zero-order valence-corrected chi connectivity index (χ0v) is 9.95. The van der Waals surface area contributed by atoms with Gasteiger partial charge in [0.1, 0.15) is 0 Å². The Hall–Kier alpha value is -0.910. The second-order valence-electron chi connectivity index (χ2n) is 3.64. The predicted octanol–water partition coefficient (Wildman–Crippen LogP) is 1.45. The van der Waals surface area contributed by atoms with Crippen molar-refractivity contribution in [3.05, 3.63) is 35.9 Å². The van der Waals surface area contributed by atoms with Crippen molar-refractivity contribution in [2.24, 2.45) is 0 Å². The van der Waals surface area contributed by atoms with Gasteiger partial charge in [-0.3, -0.25) is 0 Å². The number of hydrazine groups is 1. The van der Waals surface area contributed by atoms with Gasteiger partial charge in [-0.1, -0.05) is 35.9 Å². The molecule has 1 aromatic carbocycles. The fourth-order valence-corrected chi connectivity index (χ4v) is 2.16. The maximum absolute atomic E-state index is 10.3. The summed E-state index contributed by atoms with van der Waals surface area (Å²) in [6, 6.07) is 10.3. The van der Waals surface area contributed by atoms with Gasteiger partial charge in [-0.15, -0.1) is 9.25 Å². The van der Waals surface area contributed by atoms with E-state index in [9.17, 15) is 8.42 Å². The molecule has 1 aliphatic rings. The van der Waals surface area contributed by atoms with Gasteiger partial charge < -0.3 is 0 Å². The van der Waals surface area contributed by atoms with E-state index in [2.05, 4.69) is 23.9 Å². The Morgan fingerprint density at radius 1 is 1.20 bits per heavy atom. The number of nitrogens with zero attached hydrogens (tertiary/aromatic N) is 1. The summed E-state index contributed by atoms with van der Waals surface area (Å²) in [6.07, 6.45) is 0. The van der Waals surface area contributed by atoms with E-state index in [0.29, 0.717) is 0 Å². The maximum atomic E-state index is 10.3. The monoisotopic (exact) mass is 228 g/mol. The Kier molecular flexibility index (Phi) is 3.84. The highest BCUT2D eigenvalue weighted by Gasteiger charge is 2.41. The highest BCUT2D eigenvalue weighted by Crippen LogP contribution is 2.13. The smallest absolute Gasteiger partial charge is 0.192 e. The molecule has 0 saturated carbocycles. The zero-order chi connectivity index (χ0) is 11.5. The average molecular weight is 228 g/mol. The van der Waals surface area contributed by atoms with Crippen LogP contribution in [0.5, 0.6) is 0 Å². The van der Waals surface area contributed by atoms with Gasteiger partial charge in [0.2, 0.25) is 0 Å². The van der Waals surface area contributed by atoms with Gasteiger partial charge >= 0.3 is 10.2 Å². The Labute approximate surface area is 91.1 Å². The molecule has 1 unspecified atom stereocenters. The molecule has 0 spiro atoms. The van der Waals surface area contributed by atoms with Gasteiger partial charge in [-0.2, -0.15) is 8.42 Å². The quantitative estimate of drug-likeness (QED) is 0.740. The van der Waals surface area contributed by atoms with Crippen LogP contribution in [0.15, 0.2) is 30.3 Å². The first-order chi connectivity index (χ1) is 6.93. The number of rotatable bonds is 1. The topological polar surface area (TPSA) is 59.1 Å². The molecule has 0 radical (unpaired) electrons. The molecule has 1 fully saturated rings. The van der Waals surface area contributed by atoms with Crippen LogP contribution in [0.4, 0.5) is 0 Å². The number of hydrogen-bond acceptors (Lipinski definition) is 2. The summed E-state index contributed by atoms with van der Waals surface area (Å²) < 4.78 is 21.9. The SMILES string of the molecule is CC(C)N1NS1(=O)=O.Cc1ccccc1. The minimum atomic E-state index is -2.97. The molecule has 1 aromatic rings. The molecule has 0 aromatic heterocycles. The van der Waals surface area contributed by atoms with Crippen LogP contribution in [-0.4, -0.2) is 18.9 Å². The number of hydrogen-bond donors (Lipinski definition) is 1. The Morgan fingerprint density at radius 3 is 1.80 bits per heavy atom. The lowest BCUT2D eigenvalue weighted by Gasteiger charge is -1.93. The fourth-order valence-electron chi connectivity index (χ4n) is 1.01. The molecule has 2 rings (SSSR count). The summed E-state index contributed by atoms with van der Waals surface area (Å²) in [5.74, 6) is 0. The van der Waals surface area contributed by atoms with Gasteiger partial charge in [-0.25, -0.2) is 0 Å². The highest BCUT2D eigenvalue weighted by atomic mass is 32.2. The lowest BCUT2D eigenvalue weighted by molar-refractivity contribution is 0.447. The Morgan fingerprint density at radius 2 is 1.67 bits per heavy atom. The second-order valence-corrected chi connectivity index (χ2v) is 5.17. The lowest BCUT2D eigenvalue weighted by atomic mass is 10.2. The molecule has 5 heteroatoms. The van der Waals surface area contributed by atoms with Crippen LogP contribution in [0.2, 0.25) is 0 Å². The molecule has 15 heavy (non-hydrogen) atoms. The van der Waals surface area contributed by atoms with Crippen LogP contribution in [0.25, 0.3) is 0 Å². The van der Waals surface area contributed by atoms with Gasteiger partial charge in [0.05, 0.1) is 0 Å². The molecule has 84 valence electrons. The second kappa shape index (κ2) is 4.74. The minimum absolute atomic E-state index is 0.0417. The molecule has 1 aliphatic heterocycles. The highest BCUT2D eigenvalue weighted by molar-refractivity contribution is 7.92. The normalized spacial score (nSPS) is 21.7. The molecule has 1 saturated heterocycles. The third-order valence-corrected chi connectivity index (χ3v) is 3.13. The molecule has 1 heterocycles. The van der Waals surface area contributed by atoms with Crippen molar-refractivity contribution in [3.8, 4) is 0 Å². The summed E-state index contributed by atoms with van der Waals surface area (Å²) in [5.41, 5.74) is 1.32. The third kappa shape index (κ3) is 3.99. The zero-order valence-electron chi connectivity index (χ0n) is 9.14. The van der Waals surface area contributed by atoms with Gasteiger partial charge in [0.15, 0.2) is 0 Å². The van der Waals surface area contributed by atoms with Crippen LogP contribution in [0.1, 0.15) is 19.4 Å². The van der Waals surface area contributed by atoms with E-state index in [1.807, 2.05) is 18.2 Å². The summed E-state index contributed by atoms with van der Waals surface area (Å²) in [7, 11) is -2.97. The summed E-state index contributed by atoms with van der Waals surface area (Å²) in [5, 5.41) is 0. The third-order valence-electron chi connectivity index (χ3n) is 1.84. The van der Waals surface area contributed by atoms with E-state index < -0.39 is 10.2 Å². The van der Waals surface area contributed by atoms with Crippen LogP contribution in [0.3, 0.4) is 0 Å². The largest absolute Gasteiger partial charge is 0.307 e. The molecular formula is C10H16N2O2S. The first-order valence-corrected chi connectivity index (χ1v) is 6.21. The first-order valence-electron chi connectivity index (χ1n) is 4.77. The predicted molar refractivity (Wildman–Crippen MR) is 60.2 cm³/mol. The molecule has 0 aliphatic carbocycles. The standard InChI is InChI=1S/C7H8.C3H8N2O2S/c1-7-5-3-2-4-6-7;1-3(2)5-4-8(5,6)7/h2-6H,1H3;3-4H,1-2H3. The van der Waals surface area contributed by atoms with Crippen molar-refractivity contribution in [1.82, 2.24) is 9.25 Å². The number of aryl methyl sites for hydroxylation is 1. The van der Waals surface area contributed by atoms with Gasteiger partial charge in [0, 0.05) is 6.04 Å². The maximum Gasteiger partial charge on any atom is 0.307 e. The summed E-state index contributed by atoms with van der Waals surface area (Å²) in [6.45, 7) is 5.69. The van der Waals surface area contributed by atoms with Crippen molar-refractivity contribution in [2.75, 3.05) is 0 Å². The molecular weight excluding hydrogens is 212 g/mol. The van der Waals surface area contributed by atoms with Crippen molar-refractivity contribution in [2.45, 2.75) is 26.8 Å². The first kappa shape index (κ1) is 12.2. The molecule has 1 atom stereocenters. The molecule has 0 amide bonds. The number of nitrogens with one attached hydrogen (secondary N) is 1.